The van der Waals surface area contributed by atoms with E-state index in [0.29, 0.717) is 0 Å². The highest BCUT2D eigenvalue weighted by atomic mass is 15.1. The van der Waals surface area contributed by atoms with Crippen LogP contribution >= 0.6 is 0 Å². The molecule has 0 spiro atoms. The van der Waals surface area contributed by atoms with Gasteiger partial charge in [-0.2, -0.15) is 0 Å². The number of benzene rings is 11. The number of anilines is 6. The lowest BCUT2D eigenvalue weighted by Gasteiger charge is -2.27. The quantitative estimate of drug-likeness (QED) is 0.144. The molecule has 0 saturated carbocycles. The fourth-order valence-corrected chi connectivity index (χ4v) is 9.66. The minimum atomic E-state index is 1.11. The topological polar surface area (TPSA) is 11.4 Å². The summed E-state index contributed by atoms with van der Waals surface area (Å²) >= 11 is 0. The Bertz CT molecular complexity index is 3400. The maximum absolute atomic E-state index is 2.40. The molecule has 0 saturated heterocycles. The van der Waals surface area contributed by atoms with Crippen molar-refractivity contribution < 1.29 is 0 Å². The molecule has 306 valence electrons. The summed E-state index contributed by atoms with van der Waals surface area (Å²) in [5.41, 5.74) is 15.0. The van der Waals surface area contributed by atoms with Crippen molar-refractivity contribution in [1.29, 1.82) is 0 Å². The van der Waals surface area contributed by atoms with E-state index in [2.05, 4.69) is 275 Å². The fourth-order valence-electron chi connectivity index (χ4n) is 9.66. The molecule has 1 heterocycles. The summed E-state index contributed by atoms with van der Waals surface area (Å²) in [4.78, 5) is 4.72. The number of hydrogen-bond acceptors (Lipinski definition) is 2. The van der Waals surface area contributed by atoms with Gasteiger partial charge in [-0.25, -0.2) is 0 Å². The molecule has 0 fully saturated rings. The zero-order valence-electron chi connectivity index (χ0n) is 35.7. The number of para-hydroxylation sites is 3. The first-order chi connectivity index (χ1) is 32.2. The highest BCUT2D eigenvalue weighted by Crippen LogP contribution is 2.43. The van der Waals surface area contributed by atoms with Crippen LogP contribution in [0.2, 0.25) is 0 Å². The summed E-state index contributed by atoms with van der Waals surface area (Å²) in [6.07, 6.45) is 0. The third-order valence-corrected chi connectivity index (χ3v) is 12.7. The van der Waals surface area contributed by atoms with Gasteiger partial charge in [0.05, 0.1) is 22.4 Å². The van der Waals surface area contributed by atoms with Gasteiger partial charge < -0.3 is 14.4 Å². The number of nitrogens with zero attached hydrogens (tertiary/aromatic N) is 3. The zero-order chi connectivity index (χ0) is 43.1. The Balaban J connectivity index is 0.945. The van der Waals surface area contributed by atoms with E-state index >= 15 is 0 Å². The summed E-state index contributed by atoms with van der Waals surface area (Å²) in [5.74, 6) is 0. The smallest absolute Gasteiger partial charge is 0.0541 e. The predicted octanol–water partition coefficient (Wildman–Crippen LogP) is 17.4. The lowest BCUT2D eigenvalue weighted by atomic mass is 9.99. The van der Waals surface area contributed by atoms with E-state index in [4.69, 9.17) is 0 Å². The van der Waals surface area contributed by atoms with E-state index in [0.717, 1.165) is 39.8 Å². The van der Waals surface area contributed by atoms with Crippen molar-refractivity contribution in [2.75, 3.05) is 9.80 Å². The van der Waals surface area contributed by atoms with E-state index in [-0.39, 0.29) is 0 Å². The van der Waals surface area contributed by atoms with Crippen molar-refractivity contribution in [1.82, 2.24) is 4.57 Å². The van der Waals surface area contributed by atoms with Crippen LogP contribution in [0, 0.1) is 0 Å². The molecular formula is C62H43N3. The molecule has 0 amide bonds. The molecule has 0 N–H and O–H groups in total. The Morgan fingerprint density at radius 1 is 0.246 bits per heavy atom. The minimum Gasteiger partial charge on any atom is -0.310 e. The average Bonchev–Trinajstić information content (AvgIpc) is 3.71. The molecule has 3 heteroatoms. The third kappa shape index (κ3) is 6.87. The van der Waals surface area contributed by atoms with Crippen LogP contribution in [-0.4, -0.2) is 4.57 Å². The number of hydrogen-bond donors (Lipinski definition) is 0. The Morgan fingerprint density at radius 3 is 1.05 bits per heavy atom. The predicted molar refractivity (Wildman–Crippen MR) is 276 cm³/mol. The second kappa shape index (κ2) is 16.2. The van der Waals surface area contributed by atoms with E-state index in [1.165, 1.54) is 65.6 Å². The lowest BCUT2D eigenvalue weighted by molar-refractivity contribution is 1.18. The van der Waals surface area contributed by atoms with Crippen LogP contribution in [0.5, 0.6) is 0 Å². The SMILES string of the molecule is c1ccc(N(c2ccc(-c3ccc4c(c3)c3cc(-c5ccc(N(c6ccccc6)c6cccc7ccccc67)cc5)ccc3n4-c3ccccc3)cc2)c2cccc3ccccc23)cc1. The highest BCUT2D eigenvalue weighted by molar-refractivity contribution is 6.12. The van der Waals surface area contributed by atoms with Gasteiger partial charge in [0.25, 0.3) is 0 Å². The van der Waals surface area contributed by atoms with E-state index in [1.54, 1.807) is 0 Å². The summed E-state index contributed by atoms with van der Waals surface area (Å²) in [6.45, 7) is 0. The Morgan fingerprint density at radius 2 is 0.600 bits per heavy atom. The van der Waals surface area contributed by atoms with Crippen molar-refractivity contribution in [3.63, 3.8) is 0 Å². The molecule has 12 aromatic rings. The number of aromatic nitrogens is 1. The number of fused-ring (bicyclic) bond motifs is 5. The van der Waals surface area contributed by atoms with Crippen molar-refractivity contribution in [2.45, 2.75) is 0 Å². The molecule has 3 nitrogen and oxygen atoms in total. The molecule has 65 heavy (non-hydrogen) atoms. The van der Waals surface area contributed by atoms with Crippen LogP contribution in [0.3, 0.4) is 0 Å². The standard InChI is InChI=1S/C62H43N3/c1-4-20-50(21-5-1)63(59-28-14-18-46-16-10-12-26-55(46)59)53-36-30-44(31-37-53)48-34-40-61-57(42-48)58-43-49(35-41-62(58)65(61)52-24-8-3-9-25-52)45-32-38-54(39-33-45)64(51-22-6-2-7-23-51)60-29-15-19-47-17-11-13-27-56(47)60/h1-43H. The van der Waals surface area contributed by atoms with E-state index in [9.17, 15) is 0 Å². The molecule has 12 rings (SSSR count). The lowest BCUT2D eigenvalue weighted by Crippen LogP contribution is -2.10. The fraction of sp³-hybridized carbons (Fsp3) is 0. The first-order valence-corrected chi connectivity index (χ1v) is 22.3. The first kappa shape index (κ1) is 38.0. The van der Waals surface area contributed by atoms with Crippen LogP contribution in [0.1, 0.15) is 0 Å². The Kier molecular flexibility index (Phi) is 9.50. The molecule has 1 aromatic heterocycles. The molecule has 0 radical (unpaired) electrons. The molecule has 0 aliphatic heterocycles. The van der Waals surface area contributed by atoms with Crippen LogP contribution in [-0.2, 0) is 0 Å². The molecule has 0 aliphatic rings. The molecule has 0 atom stereocenters. The van der Waals surface area contributed by atoms with Crippen LogP contribution < -0.4 is 9.80 Å². The normalized spacial score (nSPS) is 11.4. The largest absolute Gasteiger partial charge is 0.310 e. The molecule has 0 aliphatic carbocycles. The van der Waals surface area contributed by atoms with Gasteiger partial charge in [-0.3, -0.25) is 0 Å². The number of rotatable bonds is 9. The van der Waals surface area contributed by atoms with Gasteiger partial charge in [0, 0.05) is 50.0 Å². The van der Waals surface area contributed by atoms with Gasteiger partial charge in [0.15, 0.2) is 0 Å². The van der Waals surface area contributed by atoms with Crippen LogP contribution in [0.25, 0.3) is 71.3 Å². The maximum atomic E-state index is 2.40. The van der Waals surface area contributed by atoms with Gasteiger partial charge in [-0.15, -0.1) is 0 Å². The monoisotopic (exact) mass is 829 g/mol. The van der Waals surface area contributed by atoms with Gasteiger partial charge in [0.2, 0.25) is 0 Å². The summed E-state index contributed by atoms with van der Waals surface area (Å²) in [6, 6.07) is 94.3. The van der Waals surface area contributed by atoms with Gasteiger partial charge in [-0.05, 0) is 130 Å². The van der Waals surface area contributed by atoms with Crippen molar-refractivity contribution in [3.05, 3.63) is 261 Å². The molecule has 0 bridgehead atoms. The molecular weight excluding hydrogens is 787 g/mol. The van der Waals surface area contributed by atoms with Crippen molar-refractivity contribution >= 4 is 77.5 Å². The van der Waals surface area contributed by atoms with Crippen molar-refractivity contribution in [3.8, 4) is 27.9 Å². The van der Waals surface area contributed by atoms with Gasteiger partial charge in [0.1, 0.15) is 0 Å². The summed E-state index contributed by atoms with van der Waals surface area (Å²) in [5, 5.41) is 7.31. The third-order valence-electron chi connectivity index (χ3n) is 12.7. The van der Waals surface area contributed by atoms with Gasteiger partial charge in [-0.1, -0.05) is 164 Å². The van der Waals surface area contributed by atoms with Crippen LogP contribution in [0.4, 0.5) is 34.1 Å². The summed E-state index contributed by atoms with van der Waals surface area (Å²) in [7, 11) is 0. The van der Waals surface area contributed by atoms with E-state index < -0.39 is 0 Å². The minimum absolute atomic E-state index is 1.11. The van der Waals surface area contributed by atoms with E-state index in [1.807, 2.05) is 0 Å². The second-order valence-electron chi connectivity index (χ2n) is 16.6. The highest BCUT2D eigenvalue weighted by Gasteiger charge is 2.19. The average molecular weight is 830 g/mol. The molecule has 0 unspecified atom stereocenters. The summed E-state index contributed by atoms with van der Waals surface area (Å²) < 4.78 is 2.40. The second-order valence-corrected chi connectivity index (χ2v) is 16.6. The maximum Gasteiger partial charge on any atom is 0.0541 e. The van der Waals surface area contributed by atoms with Gasteiger partial charge >= 0.3 is 0 Å². The Hall–Kier alpha value is -8.66. The molecule has 11 aromatic carbocycles. The Labute approximate surface area is 378 Å². The van der Waals surface area contributed by atoms with Crippen molar-refractivity contribution in [2.24, 2.45) is 0 Å². The van der Waals surface area contributed by atoms with Crippen LogP contribution in [0.15, 0.2) is 261 Å². The zero-order valence-corrected chi connectivity index (χ0v) is 35.7. The first-order valence-electron chi connectivity index (χ1n) is 22.3.